The van der Waals surface area contributed by atoms with Crippen LogP contribution >= 0.6 is 0 Å². The van der Waals surface area contributed by atoms with Gasteiger partial charge < -0.3 is 20.5 Å². The summed E-state index contributed by atoms with van der Waals surface area (Å²) in [4.78, 5) is 23.0. The van der Waals surface area contributed by atoms with Gasteiger partial charge in [0.15, 0.2) is 0 Å². The van der Waals surface area contributed by atoms with Crippen LogP contribution in [0.15, 0.2) is 48.5 Å². The number of hydrogen-bond donors (Lipinski definition) is 2. The number of aryl methyl sites for hydroxylation is 1. The first-order valence-corrected chi connectivity index (χ1v) is 8.60. The van der Waals surface area contributed by atoms with Gasteiger partial charge in [0.05, 0.1) is 25.3 Å². The third-order valence-electron chi connectivity index (χ3n) is 3.64. The molecule has 0 saturated carbocycles. The Balaban J connectivity index is 1.86. The van der Waals surface area contributed by atoms with Crippen molar-refractivity contribution < 1.29 is 19.1 Å². The van der Waals surface area contributed by atoms with E-state index < -0.39 is 5.91 Å². The lowest BCUT2D eigenvalue weighted by Crippen LogP contribution is -2.16. The summed E-state index contributed by atoms with van der Waals surface area (Å²) in [6, 6.07) is 14.8. The lowest BCUT2D eigenvalue weighted by atomic mass is 10.1. The number of ether oxygens (including phenoxy) is 2. The van der Waals surface area contributed by atoms with Crippen LogP contribution in [0, 0.1) is 0 Å². The van der Waals surface area contributed by atoms with Crippen molar-refractivity contribution in [2.75, 3.05) is 18.5 Å². The van der Waals surface area contributed by atoms with E-state index in [4.69, 9.17) is 15.2 Å². The average Bonchev–Trinajstić information content (AvgIpc) is 2.62. The molecule has 138 valence electrons. The molecule has 0 fully saturated rings. The van der Waals surface area contributed by atoms with Gasteiger partial charge in [-0.25, -0.2) is 0 Å². The summed E-state index contributed by atoms with van der Waals surface area (Å²) in [6.07, 6.45) is 1.10. The van der Waals surface area contributed by atoms with Gasteiger partial charge in [-0.15, -0.1) is 0 Å². The number of primary amides is 1. The minimum atomic E-state index is -0.429. The number of carbonyl (C=O) groups excluding carboxylic acids is 2. The third kappa shape index (κ3) is 6.47. The number of rotatable bonds is 10. The molecule has 3 N–H and O–H groups in total. The van der Waals surface area contributed by atoms with Crippen LogP contribution in [-0.2, 0) is 16.0 Å². The Hall–Kier alpha value is -3.02. The lowest BCUT2D eigenvalue weighted by Gasteiger charge is -2.12. The molecule has 0 aliphatic rings. The topological polar surface area (TPSA) is 90.7 Å². The molecule has 6 heteroatoms. The van der Waals surface area contributed by atoms with Crippen LogP contribution in [0.25, 0.3) is 0 Å². The van der Waals surface area contributed by atoms with Crippen molar-refractivity contribution in [3.05, 3.63) is 54.1 Å². The Kier molecular flexibility index (Phi) is 7.49. The van der Waals surface area contributed by atoms with Gasteiger partial charge in [0.25, 0.3) is 0 Å². The van der Waals surface area contributed by atoms with Gasteiger partial charge in [-0.05, 0) is 43.2 Å². The first-order chi connectivity index (χ1) is 12.6. The number of nitrogens with one attached hydrogen (secondary N) is 1. The van der Waals surface area contributed by atoms with Crippen molar-refractivity contribution in [2.45, 2.75) is 26.2 Å². The van der Waals surface area contributed by atoms with Gasteiger partial charge in [0.2, 0.25) is 11.8 Å². The van der Waals surface area contributed by atoms with E-state index in [2.05, 4.69) is 5.32 Å². The Morgan fingerprint density at radius 3 is 2.42 bits per heavy atom. The minimum Gasteiger partial charge on any atom is -0.494 e. The van der Waals surface area contributed by atoms with Crippen molar-refractivity contribution in [1.29, 1.82) is 0 Å². The summed E-state index contributed by atoms with van der Waals surface area (Å²) in [5.41, 5.74) is 6.74. The predicted octanol–water partition coefficient (Wildman–Crippen LogP) is 2.91. The molecule has 2 aromatic carbocycles. The molecule has 0 aliphatic heterocycles. The molecule has 6 nitrogen and oxygen atoms in total. The van der Waals surface area contributed by atoms with Crippen molar-refractivity contribution in [2.24, 2.45) is 5.73 Å². The number of amides is 2. The highest BCUT2D eigenvalue weighted by molar-refractivity contribution is 5.92. The molecule has 26 heavy (non-hydrogen) atoms. The minimum absolute atomic E-state index is 0.107. The molecule has 0 atom stereocenters. The van der Waals surface area contributed by atoms with Gasteiger partial charge >= 0.3 is 0 Å². The fourth-order valence-electron chi connectivity index (χ4n) is 2.35. The first-order valence-electron chi connectivity index (χ1n) is 8.60. The van der Waals surface area contributed by atoms with Gasteiger partial charge in [0, 0.05) is 6.42 Å². The SMILES string of the molecule is CCOc1ccc(CCC(=O)Nc2ccccc2OCCC(N)=O)cc1. The van der Waals surface area contributed by atoms with Crippen molar-refractivity contribution in [3.63, 3.8) is 0 Å². The zero-order valence-electron chi connectivity index (χ0n) is 14.9. The van der Waals surface area contributed by atoms with Crippen LogP contribution in [0.5, 0.6) is 11.5 Å². The number of anilines is 1. The van der Waals surface area contributed by atoms with Crippen molar-refractivity contribution in [1.82, 2.24) is 0 Å². The predicted molar refractivity (Wildman–Crippen MR) is 100 cm³/mol. The monoisotopic (exact) mass is 356 g/mol. The molecule has 2 rings (SSSR count). The lowest BCUT2D eigenvalue weighted by molar-refractivity contribution is -0.118. The second kappa shape index (κ2) is 10.1. The van der Waals surface area contributed by atoms with Crippen LogP contribution in [0.4, 0.5) is 5.69 Å². The molecular weight excluding hydrogens is 332 g/mol. The van der Waals surface area contributed by atoms with E-state index in [1.54, 1.807) is 18.2 Å². The quantitative estimate of drug-likeness (QED) is 0.685. The maximum Gasteiger partial charge on any atom is 0.224 e. The Morgan fingerprint density at radius 1 is 1.00 bits per heavy atom. The molecule has 0 radical (unpaired) electrons. The summed E-state index contributed by atoms with van der Waals surface area (Å²) in [7, 11) is 0. The Bertz CT molecular complexity index is 729. The van der Waals surface area contributed by atoms with Crippen molar-refractivity contribution >= 4 is 17.5 Å². The standard InChI is InChI=1S/C20H24N2O4/c1-2-25-16-10-7-15(8-11-16)9-12-20(24)22-17-5-3-4-6-18(17)26-14-13-19(21)23/h3-8,10-11H,2,9,12-14H2,1H3,(H2,21,23)(H,22,24). The van der Waals surface area contributed by atoms with E-state index in [1.807, 2.05) is 37.3 Å². The molecule has 0 spiro atoms. The number of carbonyl (C=O) groups is 2. The molecule has 0 aliphatic carbocycles. The molecule has 0 bridgehead atoms. The van der Waals surface area contributed by atoms with Gasteiger partial charge in [-0.2, -0.15) is 0 Å². The van der Waals surface area contributed by atoms with E-state index in [1.165, 1.54) is 0 Å². The number of hydrogen-bond acceptors (Lipinski definition) is 4. The van der Waals surface area contributed by atoms with Crippen LogP contribution in [0.3, 0.4) is 0 Å². The second-order valence-electron chi connectivity index (χ2n) is 5.69. The van der Waals surface area contributed by atoms with Crippen molar-refractivity contribution in [3.8, 4) is 11.5 Å². The molecule has 0 saturated heterocycles. The molecule has 0 aromatic heterocycles. The van der Waals surface area contributed by atoms with Crippen LogP contribution in [-0.4, -0.2) is 25.0 Å². The fourth-order valence-corrected chi connectivity index (χ4v) is 2.35. The molecule has 0 unspecified atom stereocenters. The number of nitrogens with two attached hydrogens (primary N) is 1. The van der Waals surface area contributed by atoms with E-state index in [0.29, 0.717) is 30.9 Å². The molecular formula is C20H24N2O4. The Labute approximate surface area is 153 Å². The van der Waals surface area contributed by atoms with Gasteiger partial charge in [0.1, 0.15) is 11.5 Å². The van der Waals surface area contributed by atoms with Crippen LogP contribution < -0.4 is 20.5 Å². The Morgan fingerprint density at radius 2 is 1.73 bits per heavy atom. The summed E-state index contributed by atoms with van der Waals surface area (Å²) in [5.74, 6) is 0.803. The third-order valence-corrected chi connectivity index (χ3v) is 3.64. The number of benzene rings is 2. The molecule has 2 amide bonds. The largest absolute Gasteiger partial charge is 0.494 e. The summed E-state index contributed by atoms with van der Waals surface area (Å²) in [6.45, 7) is 2.74. The van der Waals surface area contributed by atoms with E-state index in [0.717, 1.165) is 11.3 Å². The highest BCUT2D eigenvalue weighted by atomic mass is 16.5. The highest BCUT2D eigenvalue weighted by Crippen LogP contribution is 2.24. The maximum absolute atomic E-state index is 12.2. The van der Waals surface area contributed by atoms with Crippen LogP contribution in [0.2, 0.25) is 0 Å². The summed E-state index contributed by atoms with van der Waals surface area (Å²) in [5, 5.41) is 2.85. The highest BCUT2D eigenvalue weighted by Gasteiger charge is 2.08. The van der Waals surface area contributed by atoms with E-state index in [9.17, 15) is 9.59 Å². The smallest absolute Gasteiger partial charge is 0.224 e. The summed E-state index contributed by atoms with van der Waals surface area (Å²) >= 11 is 0. The normalized spacial score (nSPS) is 10.2. The summed E-state index contributed by atoms with van der Waals surface area (Å²) < 4.78 is 10.9. The molecule has 2 aromatic rings. The van der Waals surface area contributed by atoms with E-state index in [-0.39, 0.29) is 18.9 Å². The first kappa shape index (κ1) is 19.3. The van der Waals surface area contributed by atoms with Gasteiger partial charge in [-0.1, -0.05) is 24.3 Å². The zero-order valence-corrected chi connectivity index (χ0v) is 14.9. The average molecular weight is 356 g/mol. The van der Waals surface area contributed by atoms with E-state index >= 15 is 0 Å². The fraction of sp³-hybridized carbons (Fsp3) is 0.300. The molecule has 0 heterocycles. The van der Waals surface area contributed by atoms with Crippen LogP contribution in [0.1, 0.15) is 25.3 Å². The zero-order chi connectivity index (χ0) is 18.8. The van der Waals surface area contributed by atoms with Gasteiger partial charge in [-0.3, -0.25) is 9.59 Å². The second-order valence-corrected chi connectivity index (χ2v) is 5.69. The number of para-hydroxylation sites is 2. The maximum atomic E-state index is 12.2.